The third-order valence-corrected chi connectivity index (χ3v) is 5.43. The van der Waals surface area contributed by atoms with Crippen LogP contribution in [0.1, 0.15) is 11.1 Å². The first-order valence-corrected chi connectivity index (χ1v) is 10.4. The Kier molecular flexibility index (Phi) is 6.14. The number of nitrogens with zero attached hydrogens (tertiary/aromatic N) is 2. The lowest BCUT2D eigenvalue weighted by atomic mass is 10.1. The van der Waals surface area contributed by atoms with Gasteiger partial charge in [0.2, 0.25) is 0 Å². The summed E-state index contributed by atoms with van der Waals surface area (Å²) in [6.45, 7) is 0.253. The summed E-state index contributed by atoms with van der Waals surface area (Å²) < 4.78 is 6.07. The van der Waals surface area contributed by atoms with Crippen molar-refractivity contribution in [1.82, 2.24) is 5.43 Å². The van der Waals surface area contributed by atoms with Crippen LogP contribution in [0.4, 0.5) is 11.4 Å². The fourth-order valence-electron chi connectivity index (χ4n) is 3.29. The minimum atomic E-state index is -0.465. The van der Waals surface area contributed by atoms with E-state index in [-0.39, 0.29) is 12.2 Å². The Morgan fingerprint density at radius 1 is 1.00 bits per heavy atom. The Morgan fingerprint density at radius 2 is 1.72 bits per heavy atom. The number of ether oxygens (including phenoxy) is 1. The molecule has 1 heterocycles. The van der Waals surface area contributed by atoms with E-state index in [9.17, 15) is 9.59 Å². The molecule has 0 spiro atoms. The number of nitrogens with one attached hydrogen (secondary N) is 1. The summed E-state index contributed by atoms with van der Waals surface area (Å²) in [6, 6.07) is 22.0. The monoisotopic (exact) mass is 447 g/mol. The predicted octanol–water partition coefficient (Wildman–Crippen LogP) is 4.45. The van der Waals surface area contributed by atoms with Gasteiger partial charge in [-0.05, 0) is 36.4 Å². The molecule has 1 aliphatic rings. The number of benzene rings is 3. The van der Waals surface area contributed by atoms with Crippen LogP contribution in [0, 0.1) is 0 Å². The number of carbonyl (C=O) groups is 2. The fourth-order valence-corrected chi connectivity index (χ4v) is 3.48. The summed E-state index contributed by atoms with van der Waals surface area (Å²) in [5.74, 6) is -0.343. The van der Waals surface area contributed by atoms with E-state index < -0.39 is 11.8 Å². The first kappa shape index (κ1) is 21.5. The standard InChI is InChI=1S/C25H22ClN3O3/c1-28(2)20-13-12-17(23(15-20)32-16-18-8-6-7-11-22(18)26)14-21-24(30)27-29(25(21)31)19-9-4-3-5-10-19/h3-15H,16H2,1-2H3,(H,27,30). The molecule has 0 unspecified atom stereocenters. The van der Waals surface area contributed by atoms with Gasteiger partial charge in [0, 0.05) is 42.0 Å². The Morgan fingerprint density at radius 3 is 2.44 bits per heavy atom. The highest BCUT2D eigenvalue weighted by Crippen LogP contribution is 2.30. The molecule has 1 saturated heterocycles. The van der Waals surface area contributed by atoms with Crippen LogP contribution in [0.2, 0.25) is 5.02 Å². The molecular formula is C25H22ClN3O3. The zero-order valence-electron chi connectivity index (χ0n) is 17.7. The van der Waals surface area contributed by atoms with Crippen molar-refractivity contribution in [3.63, 3.8) is 0 Å². The van der Waals surface area contributed by atoms with Gasteiger partial charge in [-0.2, -0.15) is 0 Å². The average Bonchev–Trinajstić information content (AvgIpc) is 3.08. The molecule has 1 fully saturated rings. The maximum absolute atomic E-state index is 12.9. The normalized spacial score (nSPS) is 14.6. The Balaban J connectivity index is 1.66. The second-order valence-corrected chi connectivity index (χ2v) is 7.88. The minimum absolute atomic E-state index is 0.0362. The molecule has 4 rings (SSSR count). The molecule has 162 valence electrons. The summed E-state index contributed by atoms with van der Waals surface area (Å²) in [4.78, 5) is 27.5. The molecule has 1 aliphatic heterocycles. The molecule has 3 aromatic rings. The van der Waals surface area contributed by atoms with Crippen LogP contribution < -0.4 is 20.1 Å². The second kappa shape index (κ2) is 9.16. The molecule has 32 heavy (non-hydrogen) atoms. The Labute approximate surface area is 191 Å². The molecule has 3 aromatic carbocycles. The molecule has 0 bridgehead atoms. The van der Waals surface area contributed by atoms with Gasteiger partial charge >= 0.3 is 0 Å². The molecule has 0 radical (unpaired) electrons. The third kappa shape index (κ3) is 4.45. The van der Waals surface area contributed by atoms with Crippen molar-refractivity contribution in [2.24, 2.45) is 0 Å². The molecular weight excluding hydrogens is 426 g/mol. The zero-order valence-corrected chi connectivity index (χ0v) is 18.5. The number of hydrogen-bond donors (Lipinski definition) is 1. The van der Waals surface area contributed by atoms with Crippen molar-refractivity contribution in [3.05, 3.63) is 94.5 Å². The van der Waals surface area contributed by atoms with Crippen LogP contribution in [-0.2, 0) is 16.2 Å². The number of hydrogen-bond acceptors (Lipinski definition) is 4. The molecule has 0 aliphatic carbocycles. The number of hydrazine groups is 1. The van der Waals surface area contributed by atoms with Gasteiger partial charge in [-0.1, -0.05) is 48.0 Å². The topological polar surface area (TPSA) is 61.9 Å². The van der Waals surface area contributed by atoms with Crippen molar-refractivity contribution in [3.8, 4) is 5.75 Å². The second-order valence-electron chi connectivity index (χ2n) is 7.47. The summed E-state index contributed by atoms with van der Waals surface area (Å²) in [5, 5.41) is 1.85. The van der Waals surface area contributed by atoms with Gasteiger partial charge in [0.05, 0.1) is 5.69 Å². The van der Waals surface area contributed by atoms with E-state index in [0.29, 0.717) is 22.0 Å². The van der Waals surface area contributed by atoms with Gasteiger partial charge in [-0.3, -0.25) is 15.0 Å². The summed E-state index contributed by atoms with van der Waals surface area (Å²) in [6.07, 6.45) is 1.56. The van der Waals surface area contributed by atoms with Crippen LogP contribution >= 0.6 is 11.6 Å². The molecule has 2 amide bonds. The number of para-hydroxylation sites is 1. The number of carbonyl (C=O) groups excluding carboxylic acids is 2. The minimum Gasteiger partial charge on any atom is -0.488 e. The molecule has 6 nitrogen and oxygen atoms in total. The van der Waals surface area contributed by atoms with E-state index in [4.69, 9.17) is 16.3 Å². The summed E-state index contributed by atoms with van der Waals surface area (Å²) in [5.41, 5.74) is 5.63. The molecule has 0 atom stereocenters. The molecule has 1 N–H and O–H groups in total. The number of anilines is 2. The molecule has 7 heteroatoms. The van der Waals surface area contributed by atoms with Crippen molar-refractivity contribution in [2.75, 3.05) is 24.0 Å². The lowest BCUT2D eigenvalue weighted by Gasteiger charge is -2.17. The smallest absolute Gasteiger partial charge is 0.282 e. The van der Waals surface area contributed by atoms with Gasteiger partial charge < -0.3 is 9.64 Å². The quantitative estimate of drug-likeness (QED) is 0.448. The highest BCUT2D eigenvalue weighted by Gasteiger charge is 2.34. The van der Waals surface area contributed by atoms with Crippen LogP contribution in [0.5, 0.6) is 5.75 Å². The lowest BCUT2D eigenvalue weighted by Crippen LogP contribution is -2.35. The first-order valence-electron chi connectivity index (χ1n) is 10.0. The Bertz CT molecular complexity index is 1190. The maximum atomic E-state index is 12.9. The average molecular weight is 448 g/mol. The SMILES string of the molecule is CN(C)c1ccc(C=C2C(=O)NN(c3ccccc3)C2=O)c(OCc2ccccc2Cl)c1. The Hall–Kier alpha value is -3.77. The summed E-state index contributed by atoms with van der Waals surface area (Å²) in [7, 11) is 3.86. The van der Waals surface area contributed by atoms with Gasteiger partial charge in [-0.15, -0.1) is 0 Å². The van der Waals surface area contributed by atoms with Crippen LogP contribution in [-0.4, -0.2) is 25.9 Å². The lowest BCUT2D eigenvalue weighted by molar-refractivity contribution is -0.117. The van der Waals surface area contributed by atoms with Gasteiger partial charge in [-0.25, -0.2) is 5.01 Å². The van der Waals surface area contributed by atoms with E-state index in [2.05, 4.69) is 5.43 Å². The highest BCUT2D eigenvalue weighted by molar-refractivity contribution is 6.32. The van der Waals surface area contributed by atoms with E-state index in [1.807, 2.05) is 61.5 Å². The largest absolute Gasteiger partial charge is 0.488 e. The van der Waals surface area contributed by atoms with Crippen molar-refractivity contribution >= 4 is 40.9 Å². The van der Waals surface area contributed by atoms with Crippen molar-refractivity contribution in [2.45, 2.75) is 6.61 Å². The third-order valence-electron chi connectivity index (χ3n) is 5.06. The van der Waals surface area contributed by atoms with Crippen molar-refractivity contribution < 1.29 is 14.3 Å². The van der Waals surface area contributed by atoms with E-state index in [1.54, 1.807) is 36.4 Å². The number of rotatable bonds is 6. The van der Waals surface area contributed by atoms with E-state index in [1.165, 1.54) is 5.01 Å². The van der Waals surface area contributed by atoms with Gasteiger partial charge in [0.15, 0.2) is 0 Å². The summed E-state index contributed by atoms with van der Waals surface area (Å²) >= 11 is 6.26. The number of amides is 2. The molecule has 0 saturated carbocycles. The van der Waals surface area contributed by atoms with E-state index in [0.717, 1.165) is 11.3 Å². The fraction of sp³-hybridized carbons (Fsp3) is 0.120. The van der Waals surface area contributed by atoms with Gasteiger partial charge in [0.1, 0.15) is 17.9 Å². The first-order chi connectivity index (χ1) is 15.4. The van der Waals surface area contributed by atoms with Gasteiger partial charge in [0.25, 0.3) is 11.8 Å². The van der Waals surface area contributed by atoms with E-state index >= 15 is 0 Å². The number of halogens is 1. The highest BCUT2D eigenvalue weighted by atomic mass is 35.5. The predicted molar refractivity (Wildman–Crippen MR) is 127 cm³/mol. The van der Waals surface area contributed by atoms with Crippen LogP contribution in [0.25, 0.3) is 6.08 Å². The molecule has 0 aromatic heterocycles. The maximum Gasteiger partial charge on any atom is 0.282 e. The zero-order chi connectivity index (χ0) is 22.7. The van der Waals surface area contributed by atoms with Crippen molar-refractivity contribution in [1.29, 1.82) is 0 Å². The van der Waals surface area contributed by atoms with Crippen LogP contribution in [0.15, 0.2) is 78.4 Å². The van der Waals surface area contributed by atoms with Crippen LogP contribution in [0.3, 0.4) is 0 Å².